The van der Waals surface area contributed by atoms with Crippen LogP contribution in [0.4, 0.5) is 0 Å². The molecule has 1 aromatic heterocycles. The van der Waals surface area contributed by atoms with Gasteiger partial charge >= 0.3 is 0 Å². The van der Waals surface area contributed by atoms with Crippen molar-refractivity contribution in [2.24, 2.45) is 0 Å². The molecule has 0 aliphatic heterocycles. The van der Waals surface area contributed by atoms with Crippen molar-refractivity contribution in [3.63, 3.8) is 0 Å². The van der Waals surface area contributed by atoms with Crippen LogP contribution in [0.5, 0.6) is 0 Å². The third-order valence-corrected chi connectivity index (χ3v) is 2.86. The van der Waals surface area contributed by atoms with E-state index in [4.69, 9.17) is 10.4 Å². The first-order chi connectivity index (χ1) is 8.78. The summed E-state index contributed by atoms with van der Waals surface area (Å²) in [5.41, 5.74) is 3.52. The Hall–Kier alpha value is -2.12. The minimum absolute atomic E-state index is 0.00654. The van der Waals surface area contributed by atoms with Crippen molar-refractivity contribution in [3.05, 3.63) is 41.6 Å². The van der Waals surface area contributed by atoms with E-state index in [1.807, 2.05) is 18.2 Å². The second-order valence-corrected chi connectivity index (χ2v) is 4.02. The van der Waals surface area contributed by atoms with Gasteiger partial charge in [-0.3, -0.25) is 4.68 Å². The van der Waals surface area contributed by atoms with Crippen LogP contribution < -0.4 is 0 Å². The molecule has 2 rings (SSSR count). The van der Waals surface area contributed by atoms with Crippen LogP contribution >= 0.6 is 0 Å². The number of aliphatic hydroxyl groups excluding tert-OH is 1. The van der Waals surface area contributed by atoms with Crippen LogP contribution in [0.3, 0.4) is 0 Å². The minimum Gasteiger partial charge on any atom is -0.394 e. The summed E-state index contributed by atoms with van der Waals surface area (Å²) in [5, 5.41) is 22.0. The average Bonchev–Trinajstić information content (AvgIpc) is 2.82. The van der Waals surface area contributed by atoms with Gasteiger partial charge in [-0.25, -0.2) is 0 Å². The Morgan fingerprint density at radius 2 is 2.06 bits per heavy atom. The van der Waals surface area contributed by atoms with Gasteiger partial charge in [0.1, 0.15) is 6.07 Å². The summed E-state index contributed by atoms with van der Waals surface area (Å²) in [4.78, 5) is 0. The lowest BCUT2D eigenvalue weighted by Crippen LogP contribution is -2.05. The molecule has 18 heavy (non-hydrogen) atoms. The van der Waals surface area contributed by atoms with Crippen LogP contribution in [-0.2, 0) is 13.0 Å². The Labute approximate surface area is 106 Å². The fourth-order valence-corrected chi connectivity index (χ4v) is 1.88. The fourth-order valence-electron chi connectivity index (χ4n) is 1.88. The van der Waals surface area contributed by atoms with Gasteiger partial charge in [-0.15, -0.1) is 0 Å². The standard InChI is InChI=1S/C14H15N3O/c1-2-11-3-5-12(6-4-11)14-9-13(10-15)16-17(14)7-8-18/h3-6,9,18H,2,7-8H2,1H3. The number of hydrogen-bond donors (Lipinski definition) is 1. The molecule has 0 spiro atoms. The summed E-state index contributed by atoms with van der Waals surface area (Å²) in [5.74, 6) is 0. The van der Waals surface area contributed by atoms with E-state index in [0.717, 1.165) is 17.7 Å². The average molecular weight is 241 g/mol. The number of hydrogen-bond acceptors (Lipinski definition) is 3. The summed E-state index contributed by atoms with van der Waals surface area (Å²) in [7, 11) is 0. The molecule has 0 unspecified atom stereocenters. The van der Waals surface area contributed by atoms with Gasteiger partial charge in [0, 0.05) is 6.07 Å². The lowest BCUT2D eigenvalue weighted by atomic mass is 10.1. The Bertz CT molecular complexity index is 564. The van der Waals surface area contributed by atoms with E-state index in [1.54, 1.807) is 10.7 Å². The van der Waals surface area contributed by atoms with Gasteiger partial charge < -0.3 is 5.11 Å². The topological polar surface area (TPSA) is 61.8 Å². The number of aromatic nitrogens is 2. The van der Waals surface area contributed by atoms with Crippen LogP contribution in [0.1, 0.15) is 18.2 Å². The fraction of sp³-hybridized carbons (Fsp3) is 0.286. The third-order valence-electron chi connectivity index (χ3n) is 2.86. The third kappa shape index (κ3) is 2.41. The number of benzene rings is 1. The first kappa shape index (κ1) is 12.3. The Kier molecular flexibility index (Phi) is 3.75. The number of aryl methyl sites for hydroxylation is 1. The monoisotopic (exact) mass is 241 g/mol. The molecule has 4 nitrogen and oxygen atoms in total. The molecule has 0 aliphatic carbocycles. The maximum atomic E-state index is 9.01. The summed E-state index contributed by atoms with van der Waals surface area (Å²) >= 11 is 0. The van der Waals surface area contributed by atoms with Crippen molar-refractivity contribution < 1.29 is 5.11 Å². The largest absolute Gasteiger partial charge is 0.394 e. The highest BCUT2D eigenvalue weighted by Crippen LogP contribution is 2.21. The summed E-state index contributed by atoms with van der Waals surface area (Å²) in [6.07, 6.45) is 1.000. The Morgan fingerprint density at radius 3 is 2.61 bits per heavy atom. The van der Waals surface area contributed by atoms with E-state index in [9.17, 15) is 0 Å². The van der Waals surface area contributed by atoms with Crippen LogP contribution in [0.2, 0.25) is 0 Å². The van der Waals surface area contributed by atoms with Gasteiger partial charge in [0.2, 0.25) is 0 Å². The molecular formula is C14H15N3O. The van der Waals surface area contributed by atoms with E-state index >= 15 is 0 Å². The second-order valence-electron chi connectivity index (χ2n) is 4.02. The number of rotatable bonds is 4. The van der Waals surface area contributed by atoms with Crippen molar-refractivity contribution in [1.82, 2.24) is 9.78 Å². The van der Waals surface area contributed by atoms with Crippen molar-refractivity contribution in [2.45, 2.75) is 19.9 Å². The van der Waals surface area contributed by atoms with Crippen molar-refractivity contribution in [2.75, 3.05) is 6.61 Å². The summed E-state index contributed by atoms with van der Waals surface area (Å²) < 4.78 is 1.67. The zero-order chi connectivity index (χ0) is 13.0. The van der Waals surface area contributed by atoms with Gasteiger partial charge in [-0.2, -0.15) is 10.4 Å². The SMILES string of the molecule is CCc1ccc(-c2cc(C#N)nn2CCO)cc1. The lowest BCUT2D eigenvalue weighted by molar-refractivity contribution is 0.270. The lowest BCUT2D eigenvalue weighted by Gasteiger charge is -2.06. The molecule has 0 atom stereocenters. The molecule has 0 amide bonds. The van der Waals surface area contributed by atoms with Crippen LogP contribution in [0, 0.1) is 11.3 Å². The molecule has 0 saturated heterocycles. The van der Waals surface area contributed by atoms with E-state index < -0.39 is 0 Å². The first-order valence-electron chi connectivity index (χ1n) is 5.96. The highest BCUT2D eigenvalue weighted by Gasteiger charge is 2.09. The molecule has 92 valence electrons. The number of nitrogens with zero attached hydrogens (tertiary/aromatic N) is 3. The minimum atomic E-state index is 0.00654. The van der Waals surface area contributed by atoms with Crippen molar-refractivity contribution in [1.29, 1.82) is 5.26 Å². The smallest absolute Gasteiger partial charge is 0.163 e. The molecule has 0 aliphatic rings. The molecular weight excluding hydrogens is 226 g/mol. The highest BCUT2D eigenvalue weighted by molar-refractivity contribution is 5.61. The van der Waals surface area contributed by atoms with Crippen LogP contribution in [0.15, 0.2) is 30.3 Å². The zero-order valence-electron chi connectivity index (χ0n) is 10.3. The Balaban J connectivity index is 2.41. The van der Waals surface area contributed by atoms with E-state index in [1.165, 1.54) is 5.56 Å². The first-order valence-corrected chi connectivity index (χ1v) is 5.96. The molecule has 1 heterocycles. The van der Waals surface area contributed by atoms with Crippen molar-refractivity contribution in [3.8, 4) is 17.3 Å². The zero-order valence-corrected chi connectivity index (χ0v) is 10.3. The van der Waals surface area contributed by atoms with E-state index in [-0.39, 0.29) is 6.61 Å². The van der Waals surface area contributed by atoms with Crippen LogP contribution in [0.25, 0.3) is 11.3 Å². The number of nitriles is 1. The molecule has 1 aromatic carbocycles. The highest BCUT2D eigenvalue weighted by atomic mass is 16.3. The predicted molar refractivity (Wildman–Crippen MR) is 68.8 cm³/mol. The number of aliphatic hydroxyl groups is 1. The van der Waals surface area contributed by atoms with E-state index in [0.29, 0.717) is 12.2 Å². The molecule has 0 radical (unpaired) electrons. The molecule has 4 heteroatoms. The maximum absolute atomic E-state index is 9.01. The maximum Gasteiger partial charge on any atom is 0.163 e. The molecule has 0 bridgehead atoms. The summed E-state index contributed by atoms with van der Waals surface area (Å²) in [6, 6.07) is 11.9. The van der Waals surface area contributed by atoms with Gasteiger partial charge in [0.05, 0.1) is 18.8 Å². The normalized spacial score (nSPS) is 10.3. The second kappa shape index (κ2) is 5.48. The van der Waals surface area contributed by atoms with Gasteiger partial charge in [-0.1, -0.05) is 31.2 Å². The molecule has 2 aromatic rings. The van der Waals surface area contributed by atoms with Crippen LogP contribution in [-0.4, -0.2) is 21.5 Å². The van der Waals surface area contributed by atoms with Gasteiger partial charge in [0.15, 0.2) is 5.69 Å². The quantitative estimate of drug-likeness (QED) is 0.890. The molecule has 1 N–H and O–H groups in total. The molecule has 0 fully saturated rings. The van der Waals surface area contributed by atoms with Gasteiger partial charge in [0.25, 0.3) is 0 Å². The Morgan fingerprint density at radius 1 is 1.33 bits per heavy atom. The van der Waals surface area contributed by atoms with Crippen molar-refractivity contribution >= 4 is 0 Å². The van der Waals surface area contributed by atoms with Gasteiger partial charge in [-0.05, 0) is 17.5 Å². The molecule has 0 saturated carbocycles. The van der Waals surface area contributed by atoms with E-state index in [2.05, 4.69) is 24.2 Å². The summed E-state index contributed by atoms with van der Waals surface area (Å²) in [6.45, 7) is 2.51. The predicted octanol–water partition coefficient (Wildman–Crippen LogP) is 1.98.